The number of piperidine rings is 1. The Kier molecular flexibility index (Phi) is 5.19. The second kappa shape index (κ2) is 7.26. The van der Waals surface area contributed by atoms with Crippen LogP contribution in [0.1, 0.15) is 37.0 Å². The van der Waals surface area contributed by atoms with Crippen molar-refractivity contribution in [2.75, 3.05) is 19.7 Å². The lowest BCUT2D eigenvalue weighted by Gasteiger charge is -2.45. The number of carboxylic acids is 1. The highest BCUT2D eigenvalue weighted by Crippen LogP contribution is 2.38. The van der Waals surface area contributed by atoms with Crippen LogP contribution in [0.2, 0.25) is 0 Å². The molecule has 2 aliphatic heterocycles. The van der Waals surface area contributed by atoms with Gasteiger partial charge in [-0.3, -0.25) is 14.5 Å². The van der Waals surface area contributed by atoms with E-state index in [-0.39, 0.29) is 24.0 Å². The Hall–Kier alpha value is -2.48. The molecule has 0 aliphatic carbocycles. The maximum absolute atomic E-state index is 13.2. The summed E-state index contributed by atoms with van der Waals surface area (Å²) in [6.07, 6.45) is 0.615. The van der Waals surface area contributed by atoms with Crippen molar-refractivity contribution in [2.24, 2.45) is 5.92 Å². The Morgan fingerprint density at radius 1 is 1.19 bits per heavy atom. The van der Waals surface area contributed by atoms with Crippen molar-refractivity contribution in [3.05, 3.63) is 35.6 Å². The van der Waals surface area contributed by atoms with Crippen LogP contribution < -0.4 is 5.11 Å². The van der Waals surface area contributed by atoms with Crippen LogP contribution >= 0.6 is 0 Å². The first-order valence-electron chi connectivity index (χ1n) is 8.98. The number of carboxylic acid groups (broad SMARTS) is 1. The predicted octanol–water partition coefficient (Wildman–Crippen LogP) is 0.391. The number of nitrogens with zero attached hydrogens (tertiary/aromatic N) is 2. The Morgan fingerprint density at radius 2 is 1.78 bits per heavy atom. The molecule has 2 saturated heterocycles. The summed E-state index contributed by atoms with van der Waals surface area (Å²) in [5, 5.41) is 11.6. The molecule has 1 aromatic carbocycles. The minimum atomic E-state index is -1.40. The lowest BCUT2D eigenvalue weighted by atomic mass is 9.96. The molecular weight excluding hydrogens is 355 g/mol. The monoisotopic (exact) mass is 377 g/mol. The number of aliphatic carboxylic acids is 1. The number of halogens is 1. The van der Waals surface area contributed by atoms with Crippen LogP contribution in [0.3, 0.4) is 0 Å². The van der Waals surface area contributed by atoms with Gasteiger partial charge in [0.25, 0.3) is 5.91 Å². The number of hydrogen-bond donors (Lipinski definition) is 0. The number of carbonyl (C=O) groups is 3. The van der Waals surface area contributed by atoms with Gasteiger partial charge in [-0.15, -0.1) is 0 Å². The molecule has 146 valence electrons. The third-order valence-corrected chi connectivity index (χ3v) is 5.19. The highest BCUT2D eigenvalue weighted by atomic mass is 19.1. The molecule has 0 unspecified atom stereocenters. The summed E-state index contributed by atoms with van der Waals surface area (Å²) >= 11 is 0. The molecule has 1 aromatic rings. The fourth-order valence-corrected chi connectivity index (χ4v) is 3.72. The maximum atomic E-state index is 13.2. The third-order valence-electron chi connectivity index (χ3n) is 5.19. The van der Waals surface area contributed by atoms with Gasteiger partial charge in [0.2, 0.25) is 5.91 Å². The molecule has 2 heterocycles. The van der Waals surface area contributed by atoms with E-state index >= 15 is 0 Å². The largest absolute Gasteiger partial charge is 0.548 e. The van der Waals surface area contributed by atoms with Crippen molar-refractivity contribution >= 4 is 17.8 Å². The molecule has 27 heavy (non-hydrogen) atoms. The number of hydrogen-bond acceptors (Lipinski definition) is 5. The summed E-state index contributed by atoms with van der Waals surface area (Å²) in [7, 11) is 0. The van der Waals surface area contributed by atoms with Gasteiger partial charge in [0, 0.05) is 37.4 Å². The molecular formula is C19H22FN2O5-. The number of carbonyl (C=O) groups excluding carboxylic acids is 3. The average Bonchev–Trinajstić information content (AvgIpc) is 3.00. The van der Waals surface area contributed by atoms with Crippen LogP contribution in [-0.2, 0) is 14.3 Å². The second-order valence-electron chi connectivity index (χ2n) is 7.25. The summed E-state index contributed by atoms with van der Waals surface area (Å²) in [5.74, 6) is -2.57. The van der Waals surface area contributed by atoms with Crippen LogP contribution in [0.25, 0.3) is 0 Å². The lowest BCUT2D eigenvalue weighted by molar-refractivity contribution is -0.310. The Balaban J connectivity index is 1.86. The number of amides is 2. The van der Waals surface area contributed by atoms with E-state index in [1.165, 1.54) is 17.0 Å². The molecule has 0 radical (unpaired) electrons. The summed E-state index contributed by atoms with van der Waals surface area (Å²) < 4.78 is 19.0. The van der Waals surface area contributed by atoms with Crippen LogP contribution in [0, 0.1) is 11.7 Å². The van der Waals surface area contributed by atoms with E-state index in [1.807, 2.05) is 13.8 Å². The van der Waals surface area contributed by atoms with Crippen LogP contribution in [-0.4, -0.2) is 59.0 Å². The number of likely N-dealkylation sites (tertiary alicyclic amines) is 1. The van der Waals surface area contributed by atoms with Gasteiger partial charge in [-0.2, -0.15) is 0 Å². The van der Waals surface area contributed by atoms with E-state index in [0.29, 0.717) is 25.9 Å². The van der Waals surface area contributed by atoms with E-state index in [2.05, 4.69) is 0 Å². The SMILES string of the molecule is CC(C)C(=O)N1CCC2(CC1)OC[C@H](C(=O)[O-])N2C(=O)c1ccc(F)cc1. The van der Waals surface area contributed by atoms with Crippen molar-refractivity contribution in [1.82, 2.24) is 9.80 Å². The molecule has 3 rings (SSSR count). The summed E-state index contributed by atoms with van der Waals surface area (Å²) in [4.78, 5) is 39.7. The Morgan fingerprint density at radius 3 is 2.30 bits per heavy atom. The molecule has 0 bridgehead atoms. The quantitative estimate of drug-likeness (QED) is 0.760. The zero-order valence-electron chi connectivity index (χ0n) is 15.3. The van der Waals surface area contributed by atoms with E-state index in [4.69, 9.17) is 4.74 Å². The van der Waals surface area contributed by atoms with E-state index in [1.54, 1.807) is 4.90 Å². The fourth-order valence-electron chi connectivity index (χ4n) is 3.72. The Labute approximate surface area is 156 Å². The minimum absolute atomic E-state index is 0.00992. The summed E-state index contributed by atoms with van der Waals surface area (Å²) in [6.45, 7) is 4.19. The van der Waals surface area contributed by atoms with Crippen molar-refractivity contribution in [1.29, 1.82) is 0 Å². The molecule has 2 amide bonds. The van der Waals surface area contributed by atoms with Crippen molar-refractivity contribution in [3.8, 4) is 0 Å². The van der Waals surface area contributed by atoms with E-state index in [9.17, 15) is 23.9 Å². The molecule has 1 atom stereocenters. The van der Waals surface area contributed by atoms with E-state index in [0.717, 1.165) is 12.1 Å². The molecule has 0 aromatic heterocycles. The zero-order valence-corrected chi connectivity index (χ0v) is 15.3. The molecule has 0 saturated carbocycles. The summed E-state index contributed by atoms with van der Waals surface area (Å²) in [5.41, 5.74) is -0.933. The lowest BCUT2D eigenvalue weighted by Crippen LogP contribution is -2.60. The van der Waals surface area contributed by atoms with Gasteiger partial charge in [-0.25, -0.2) is 4.39 Å². The van der Waals surface area contributed by atoms with E-state index < -0.39 is 29.5 Å². The number of rotatable bonds is 3. The molecule has 0 N–H and O–H groups in total. The standard InChI is InChI=1S/C19H23FN2O5/c1-12(2)16(23)21-9-7-19(8-10-21)22(15(11-27-19)18(25)26)17(24)13-3-5-14(20)6-4-13/h3-6,12,15H,7-11H2,1-2H3,(H,25,26)/p-1/t15-/m1/s1. The highest BCUT2D eigenvalue weighted by molar-refractivity contribution is 5.97. The van der Waals surface area contributed by atoms with Crippen molar-refractivity contribution in [3.63, 3.8) is 0 Å². The van der Waals surface area contributed by atoms with Crippen LogP contribution in [0.4, 0.5) is 4.39 Å². The van der Waals surface area contributed by atoms with Gasteiger partial charge in [0.15, 0.2) is 0 Å². The van der Waals surface area contributed by atoms with Gasteiger partial charge < -0.3 is 19.5 Å². The fraction of sp³-hybridized carbons (Fsp3) is 0.526. The van der Waals surface area contributed by atoms with Crippen molar-refractivity contribution in [2.45, 2.75) is 38.5 Å². The van der Waals surface area contributed by atoms with Gasteiger partial charge in [-0.05, 0) is 24.3 Å². The zero-order chi connectivity index (χ0) is 19.8. The van der Waals surface area contributed by atoms with Crippen LogP contribution in [0.15, 0.2) is 24.3 Å². The Bertz CT molecular complexity index is 741. The first-order chi connectivity index (χ1) is 12.7. The first kappa shape index (κ1) is 19.3. The topological polar surface area (TPSA) is 90.0 Å². The van der Waals surface area contributed by atoms with Gasteiger partial charge in [0.05, 0.1) is 18.6 Å². The molecule has 7 nitrogen and oxygen atoms in total. The van der Waals surface area contributed by atoms with Gasteiger partial charge in [-0.1, -0.05) is 13.8 Å². The maximum Gasteiger partial charge on any atom is 0.256 e. The minimum Gasteiger partial charge on any atom is -0.548 e. The third kappa shape index (κ3) is 3.53. The number of ether oxygens (including phenoxy) is 1. The predicted molar refractivity (Wildman–Crippen MR) is 90.7 cm³/mol. The highest BCUT2D eigenvalue weighted by Gasteiger charge is 2.52. The molecule has 1 spiro atoms. The van der Waals surface area contributed by atoms with Crippen LogP contribution in [0.5, 0.6) is 0 Å². The smallest absolute Gasteiger partial charge is 0.256 e. The summed E-state index contributed by atoms with van der Waals surface area (Å²) in [6, 6.07) is 3.69. The van der Waals surface area contributed by atoms with Crippen molar-refractivity contribution < 1.29 is 28.6 Å². The molecule has 8 heteroatoms. The second-order valence-corrected chi connectivity index (χ2v) is 7.25. The van der Waals surface area contributed by atoms with Gasteiger partial charge in [0.1, 0.15) is 11.5 Å². The molecule has 2 fully saturated rings. The first-order valence-corrected chi connectivity index (χ1v) is 8.98. The number of benzene rings is 1. The molecule has 2 aliphatic rings. The average molecular weight is 377 g/mol. The normalized spacial score (nSPS) is 21.7. The van der Waals surface area contributed by atoms with Gasteiger partial charge >= 0.3 is 0 Å².